The van der Waals surface area contributed by atoms with Gasteiger partial charge in [0.15, 0.2) is 0 Å². The van der Waals surface area contributed by atoms with Crippen LogP contribution in [0.5, 0.6) is 5.75 Å². The molecule has 3 nitrogen and oxygen atoms in total. The van der Waals surface area contributed by atoms with E-state index in [1.54, 1.807) is 12.1 Å². The topological polar surface area (TPSA) is 45.0 Å². The highest BCUT2D eigenvalue weighted by molar-refractivity contribution is 6.31. The van der Waals surface area contributed by atoms with E-state index in [9.17, 15) is 0 Å². The molecule has 0 aromatic heterocycles. The zero-order valence-corrected chi connectivity index (χ0v) is 12.7. The van der Waals surface area contributed by atoms with Crippen molar-refractivity contribution >= 4 is 17.3 Å². The molecular weight excluding hydrogens is 284 g/mol. The molecule has 108 valence electrons. The SMILES string of the molecule is CCCOc1ccc(CNc2ccc(Cl)c(C#N)c2)cc1. The summed E-state index contributed by atoms with van der Waals surface area (Å²) in [5.41, 5.74) is 2.50. The van der Waals surface area contributed by atoms with Crippen molar-refractivity contribution in [2.45, 2.75) is 19.9 Å². The summed E-state index contributed by atoms with van der Waals surface area (Å²) in [5.74, 6) is 0.888. The molecule has 0 saturated heterocycles. The van der Waals surface area contributed by atoms with Gasteiger partial charge in [-0.2, -0.15) is 5.26 Å². The highest BCUT2D eigenvalue weighted by Crippen LogP contribution is 2.20. The number of nitriles is 1. The number of benzene rings is 2. The molecule has 2 rings (SSSR count). The zero-order chi connectivity index (χ0) is 15.1. The van der Waals surface area contributed by atoms with Gasteiger partial charge >= 0.3 is 0 Å². The standard InChI is InChI=1S/C17H17ClN2O/c1-2-9-21-16-6-3-13(4-7-16)12-20-15-5-8-17(18)14(10-15)11-19/h3-8,10,20H,2,9,12H2,1H3. The van der Waals surface area contributed by atoms with Crippen LogP contribution in [-0.4, -0.2) is 6.61 Å². The van der Waals surface area contributed by atoms with E-state index < -0.39 is 0 Å². The lowest BCUT2D eigenvalue weighted by Gasteiger charge is -2.09. The molecule has 0 aliphatic rings. The van der Waals surface area contributed by atoms with Crippen molar-refractivity contribution in [1.82, 2.24) is 0 Å². The Morgan fingerprint density at radius 3 is 2.62 bits per heavy atom. The molecule has 21 heavy (non-hydrogen) atoms. The predicted octanol–water partition coefficient (Wildman–Crippen LogP) is 4.61. The largest absolute Gasteiger partial charge is 0.494 e. The number of anilines is 1. The molecule has 0 fully saturated rings. The number of ether oxygens (including phenoxy) is 1. The second-order valence-electron chi connectivity index (χ2n) is 4.65. The summed E-state index contributed by atoms with van der Waals surface area (Å²) in [5, 5.41) is 12.7. The molecule has 0 heterocycles. The molecule has 0 radical (unpaired) electrons. The predicted molar refractivity (Wildman–Crippen MR) is 85.7 cm³/mol. The number of hydrogen-bond acceptors (Lipinski definition) is 3. The lowest BCUT2D eigenvalue weighted by Crippen LogP contribution is -2.00. The fourth-order valence-corrected chi connectivity index (χ4v) is 2.01. The summed E-state index contributed by atoms with van der Waals surface area (Å²) in [6.07, 6.45) is 1.00. The van der Waals surface area contributed by atoms with Crippen LogP contribution in [0.2, 0.25) is 5.02 Å². The van der Waals surface area contributed by atoms with Crippen LogP contribution in [0.1, 0.15) is 24.5 Å². The van der Waals surface area contributed by atoms with Gasteiger partial charge in [-0.1, -0.05) is 30.7 Å². The van der Waals surface area contributed by atoms with Gasteiger partial charge in [0.05, 0.1) is 17.2 Å². The number of rotatable bonds is 6. The van der Waals surface area contributed by atoms with Crippen LogP contribution in [-0.2, 0) is 6.54 Å². The number of nitrogens with zero attached hydrogens (tertiary/aromatic N) is 1. The molecule has 0 aliphatic heterocycles. The van der Waals surface area contributed by atoms with Crippen LogP contribution in [0, 0.1) is 11.3 Å². The van der Waals surface area contributed by atoms with Crippen LogP contribution in [0.25, 0.3) is 0 Å². The third-order valence-electron chi connectivity index (χ3n) is 2.98. The van der Waals surface area contributed by atoms with Gasteiger partial charge in [0.25, 0.3) is 0 Å². The molecule has 2 aromatic carbocycles. The van der Waals surface area contributed by atoms with Crippen molar-refractivity contribution in [2.24, 2.45) is 0 Å². The van der Waals surface area contributed by atoms with Crippen LogP contribution in [0.3, 0.4) is 0 Å². The molecule has 2 aromatic rings. The van der Waals surface area contributed by atoms with Gasteiger partial charge in [-0.3, -0.25) is 0 Å². The highest BCUT2D eigenvalue weighted by Gasteiger charge is 2.01. The Morgan fingerprint density at radius 1 is 1.19 bits per heavy atom. The average Bonchev–Trinajstić information content (AvgIpc) is 2.53. The van der Waals surface area contributed by atoms with Crippen LogP contribution < -0.4 is 10.1 Å². The molecule has 4 heteroatoms. The second kappa shape index (κ2) is 7.56. The third kappa shape index (κ3) is 4.40. The molecule has 0 saturated carbocycles. The van der Waals surface area contributed by atoms with E-state index in [-0.39, 0.29) is 0 Å². The Bertz CT molecular complexity index is 632. The van der Waals surface area contributed by atoms with Crippen molar-refractivity contribution < 1.29 is 4.74 Å². The smallest absolute Gasteiger partial charge is 0.119 e. The number of hydrogen-bond donors (Lipinski definition) is 1. The Labute approximate surface area is 130 Å². The van der Waals surface area contributed by atoms with E-state index in [0.29, 0.717) is 17.1 Å². The first-order chi connectivity index (χ1) is 10.2. The molecule has 1 N–H and O–H groups in total. The minimum atomic E-state index is 0.473. The third-order valence-corrected chi connectivity index (χ3v) is 3.31. The van der Waals surface area contributed by atoms with Crippen molar-refractivity contribution in [3.8, 4) is 11.8 Å². The monoisotopic (exact) mass is 300 g/mol. The van der Waals surface area contributed by atoms with E-state index in [4.69, 9.17) is 21.6 Å². The molecular formula is C17H17ClN2O. The summed E-state index contributed by atoms with van der Waals surface area (Å²) < 4.78 is 5.55. The number of nitrogens with one attached hydrogen (secondary N) is 1. The van der Waals surface area contributed by atoms with E-state index in [1.165, 1.54) is 0 Å². The fourth-order valence-electron chi connectivity index (χ4n) is 1.85. The van der Waals surface area contributed by atoms with Crippen LogP contribution in [0.4, 0.5) is 5.69 Å². The normalized spacial score (nSPS) is 9.95. The quantitative estimate of drug-likeness (QED) is 0.847. The van der Waals surface area contributed by atoms with Gasteiger partial charge in [0.1, 0.15) is 11.8 Å². The Hall–Kier alpha value is -2.18. The van der Waals surface area contributed by atoms with Crippen molar-refractivity contribution in [1.29, 1.82) is 5.26 Å². The van der Waals surface area contributed by atoms with Gasteiger partial charge in [0, 0.05) is 12.2 Å². The summed E-state index contributed by atoms with van der Waals surface area (Å²) in [4.78, 5) is 0. The van der Waals surface area contributed by atoms with Gasteiger partial charge in [-0.25, -0.2) is 0 Å². The first-order valence-electron chi connectivity index (χ1n) is 6.88. The lowest BCUT2D eigenvalue weighted by atomic mass is 10.2. The van der Waals surface area contributed by atoms with Crippen LogP contribution in [0.15, 0.2) is 42.5 Å². The molecule has 0 unspecified atom stereocenters. The Kier molecular flexibility index (Phi) is 5.48. The van der Waals surface area contributed by atoms with E-state index in [1.807, 2.05) is 30.3 Å². The summed E-state index contributed by atoms with van der Waals surface area (Å²) in [7, 11) is 0. The van der Waals surface area contributed by atoms with Crippen molar-refractivity contribution in [3.63, 3.8) is 0 Å². The first-order valence-corrected chi connectivity index (χ1v) is 7.26. The molecule has 0 bridgehead atoms. The Morgan fingerprint density at radius 2 is 1.95 bits per heavy atom. The average molecular weight is 301 g/mol. The number of halogens is 1. The molecule has 0 atom stereocenters. The van der Waals surface area contributed by atoms with Gasteiger partial charge in [-0.15, -0.1) is 0 Å². The van der Waals surface area contributed by atoms with Gasteiger partial charge in [-0.05, 0) is 42.3 Å². The highest BCUT2D eigenvalue weighted by atomic mass is 35.5. The maximum Gasteiger partial charge on any atom is 0.119 e. The van der Waals surface area contributed by atoms with E-state index in [0.717, 1.165) is 30.0 Å². The maximum absolute atomic E-state index is 8.95. The fraction of sp³-hybridized carbons (Fsp3) is 0.235. The minimum Gasteiger partial charge on any atom is -0.494 e. The molecule has 0 aliphatic carbocycles. The zero-order valence-electron chi connectivity index (χ0n) is 11.9. The van der Waals surface area contributed by atoms with E-state index >= 15 is 0 Å². The molecule has 0 amide bonds. The maximum atomic E-state index is 8.95. The first kappa shape index (κ1) is 15.2. The molecule has 0 spiro atoms. The van der Waals surface area contributed by atoms with Crippen molar-refractivity contribution in [2.75, 3.05) is 11.9 Å². The lowest BCUT2D eigenvalue weighted by molar-refractivity contribution is 0.317. The second-order valence-corrected chi connectivity index (χ2v) is 5.06. The van der Waals surface area contributed by atoms with Gasteiger partial charge < -0.3 is 10.1 Å². The van der Waals surface area contributed by atoms with E-state index in [2.05, 4.69) is 18.3 Å². The minimum absolute atomic E-state index is 0.473. The summed E-state index contributed by atoms with van der Waals surface area (Å²) >= 11 is 5.91. The summed E-state index contributed by atoms with van der Waals surface area (Å²) in [6.45, 7) is 3.50. The summed E-state index contributed by atoms with van der Waals surface area (Å²) in [6, 6.07) is 15.4. The van der Waals surface area contributed by atoms with Crippen LogP contribution >= 0.6 is 11.6 Å². The van der Waals surface area contributed by atoms with Gasteiger partial charge in [0.2, 0.25) is 0 Å². The van der Waals surface area contributed by atoms with Crippen molar-refractivity contribution in [3.05, 3.63) is 58.6 Å². The Balaban J connectivity index is 1.95.